The summed E-state index contributed by atoms with van der Waals surface area (Å²) < 4.78 is 37.0. The molecule has 0 spiro atoms. The summed E-state index contributed by atoms with van der Waals surface area (Å²) in [6.07, 6.45) is 1.60. The number of carbonyl (C=O) groups excluding carboxylic acids is 1. The molecule has 8 nitrogen and oxygen atoms in total. The number of hydrogen-bond donors (Lipinski definition) is 0. The van der Waals surface area contributed by atoms with Crippen molar-refractivity contribution in [3.63, 3.8) is 0 Å². The molecule has 0 bridgehead atoms. The van der Waals surface area contributed by atoms with Gasteiger partial charge in [0.05, 0.1) is 19.1 Å². The van der Waals surface area contributed by atoms with Crippen LogP contribution in [-0.4, -0.2) is 64.1 Å². The summed E-state index contributed by atoms with van der Waals surface area (Å²) in [6, 6.07) is 9.64. The van der Waals surface area contributed by atoms with Gasteiger partial charge in [-0.1, -0.05) is 0 Å². The number of sulfonamides is 1. The SMILES string of the molecule is COC(=O)c1cccnc1N1CCN(S(=O)(=O)c2ccc(OC)cc2)CC1. The first kappa shape index (κ1) is 19.1. The first-order valence-electron chi connectivity index (χ1n) is 8.40. The second-order valence-corrected chi connectivity index (χ2v) is 7.87. The van der Waals surface area contributed by atoms with Crippen LogP contribution in [0.5, 0.6) is 5.75 Å². The molecule has 3 rings (SSSR count). The van der Waals surface area contributed by atoms with E-state index in [2.05, 4.69) is 4.98 Å². The number of pyridine rings is 1. The molecule has 0 saturated carbocycles. The van der Waals surface area contributed by atoms with Gasteiger partial charge < -0.3 is 14.4 Å². The molecular formula is C18H21N3O5S. The van der Waals surface area contributed by atoms with Crippen molar-refractivity contribution in [2.75, 3.05) is 45.3 Å². The highest BCUT2D eigenvalue weighted by atomic mass is 32.2. The molecule has 0 amide bonds. The average Bonchev–Trinajstić information content (AvgIpc) is 2.73. The lowest BCUT2D eigenvalue weighted by Crippen LogP contribution is -2.49. The van der Waals surface area contributed by atoms with Crippen LogP contribution in [0.2, 0.25) is 0 Å². The maximum Gasteiger partial charge on any atom is 0.341 e. The fraction of sp³-hybridized carbons (Fsp3) is 0.333. The highest BCUT2D eigenvalue weighted by molar-refractivity contribution is 7.89. The van der Waals surface area contributed by atoms with Gasteiger partial charge in [0, 0.05) is 32.4 Å². The molecule has 9 heteroatoms. The smallest absolute Gasteiger partial charge is 0.341 e. The largest absolute Gasteiger partial charge is 0.497 e. The van der Waals surface area contributed by atoms with Crippen LogP contribution in [0.15, 0.2) is 47.5 Å². The van der Waals surface area contributed by atoms with Crippen molar-refractivity contribution in [1.82, 2.24) is 9.29 Å². The van der Waals surface area contributed by atoms with Gasteiger partial charge in [0.2, 0.25) is 10.0 Å². The van der Waals surface area contributed by atoms with Gasteiger partial charge in [-0.3, -0.25) is 0 Å². The second-order valence-electron chi connectivity index (χ2n) is 5.93. The van der Waals surface area contributed by atoms with Gasteiger partial charge in [0.15, 0.2) is 0 Å². The number of methoxy groups -OCH3 is 2. The molecule has 1 saturated heterocycles. The fourth-order valence-corrected chi connectivity index (χ4v) is 4.38. The number of benzene rings is 1. The van der Waals surface area contributed by atoms with Gasteiger partial charge in [-0.25, -0.2) is 18.2 Å². The molecule has 1 aromatic carbocycles. The molecule has 1 aliphatic heterocycles. The Balaban J connectivity index is 1.74. The standard InChI is InChI=1S/C18H21N3O5S/c1-25-14-5-7-15(8-6-14)27(23,24)21-12-10-20(11-13-21)17-16(18(22)26-2)4-3-9-19-17/h3-9H,10-13H2,1-2H3. The Morgan fingerprint density at radius 2 is 1.70 bits per heavy atom. The highest BCUT2D eigenvalue weighted by Gasteiger charge is 2.30. The minimum absolute atomic E-state index is 0.227. The zero-order valence-electron chi connectivity index (χ0n) is 15.2. The molecule has 2 heterocycles. The van der Waals surface area contributed by atoms with Crippen molar-refractivity contribution in [2.24, 2.45) is 0 Å². The van der Waals surface area contributed by atoms with Crippen LogP contribution < -0.4 is 9.64 Å². The summed E-state index contributed by atoms with van der Waals surface area (Å²) in [7, 11) is -0.736. The van der Waals surface area contributed by atoms with E-state index in [9.17, 15) is 13.2 Å². The van der Waals surface area contributed by atoms with Gasteiger partial charge >= 0.3 is 5.97 Å². The van der Waals surface area contributed by atoms with Crippen LogP contribution in [0.3, 0.4) is 0 Å². The van der Waals surface area contributed by atoms with Crippen molar-refractivity contribution in [3.8, 4) is 5.75 Å². The molecule has 1 fully saturated rings. The Bertz CT molecular complexity index is 907. The molecule has 1 aromatic heterocycles. The zero-order valence-corrected chi connectivity index (χ0v) is 16.0. The number of anilines is 1. The minimum Gasteiger partial charge on any atom is -0.497 e. The molecule has 0 unspecified atom stereocenters. The van der Waals surface area contributed by atoms with Gasteiger partial charge in [-0.2, -0.15) is 4.31 Å². The Labute approximate surface area is 158 Å². The number of piperazine rings is 1. The third-order valence-corrected chi connectivity index (χ3v) is 6.34. The second kappa shape index (κ2) is 7.93. The molecule has 0 radical (unpaired) electrons. The maximum atomic E-state index is 12.8. The third-order valence-electron chi connectivity index (χ3n) is 4.43. The van der Waals surface area contributed by atoms with Crippen molar-refractivity contribution in [2.45, 2.75) is 4.90 Å². The van der Waals surface area contributed by atoms with E-state index in [1.807, 2.05) is 4.90 Å². The lowest BCUT2D eigenvalue weighted by Gasteiger charge is -2.35. The summed E-state index contributed by atoms with van der Waals surface area (Å²) in [5.74, 6) is 0.640. The Hall–Kier alpha value is -2.65. The van der Waals surface area contributed by atoms with Gasteiger partial charge in [-0.15, -0.1) is 0 Å². The van der Waals surface area contributed by atoms with Gasteiger partial charge in [0.1, 0.15) is 17.1 Å². The topological polar surface area (TPSA) is 89.0 Å². The van der Waals surface area contributed by atoms with E-state index in [-0.39, 0.29) is 4.90 Å². The monoisotopic (exact) mass is 391 g/mol. The number of nitrogens with zero attached hydrogens (tertiary/aromatic N) is 3. The van der Waals surface area contributed by atoms with Crippen LogP contribution in [-0.2, 0) is 14.8 Å². The van der Waals surface area contributed by atoms with E-state index in [0.717, 1.165) is 0 Å². The number of hydrogen-bond acceptors (Lipinski definition) is 7. The summed E-state index contributed by atoms with van der Waals surface area (Å²) >= 11 is 0. The predicted octanol–water partition coefficient (Wildman–Crippen LogP) is 1.39. The third kappa shape index (κ3) is 3.88. The molecule has 144 valence electrons. The van der Waals surface area contributed by atoms with E-state index >= 15 is 0 Å². The summed E-state index contributed by atoms with van der Waals surface area (Å²) in [5, 5.41) is 0. The molecule has 2 aromatic rings. The number of carbonyl (C=O) groups is 1. The van der Waals surface area contributed by atoms with Crippen LogP contribution in [0, 0.1) is 0 Å². The summed E-state index contributed by atoms with van der Waals surface area (Å²) in [5.41, 5.74) is 0.367. The molecule has 1 aliphatic rings. The van der Waals surface area contributed by atoms with Gasteiger partial charge in [-0.05, 0) is 36.4 Å². The average molecular weight is 391 g/mol. The predicted molar refractivity (Wildman–Crippen MR) is 99.5 cm³/mol. The first-order chi connectivity index (χ1) is 13.0. The van der Waals surface area contributed by atoms with Crippen LogP contribution in [0.1, 0.15) is 10.4 Å². The zero-order chi connectivity index (χ0) is 19.4. The molecule has 0 atom stereocenters. The molecular weight excluding hydrogens is 370 g/mol. The van der Waals surface area contributed by atoms with Crippen LogP contribution in [0.4, 0.5) is 5.82 Å². The Morgan fingerprint density at radius 1 is 1.04 bits per heavy atom. The minimum atomic E-state index is -3.58. The quantitative estimate of drug-likeness (QED) is 0.712. The van der Waals surface area contributed by atoms with E-state index in [1.165, 1.54) is 30.7 Å². The summed E-state index contributed by atoms with van der Waals surface area (Å²) in [4.78, 5) is 18.3. The van der Waals surface area contributed by atoms with Crippen molar-refractivity contribution in [1.29, 1.82) is 0 Å². The molecule has 0 N–H and O–H groups in total. The normalized spacial score (nSPS) is 15.4. The Kier molecular flexibility index (Phi) is 5.62. The van der Waals surface area contributed by atoms with E-state index < -0.39 is 16.0 Å². The molecule has 0 aliphatic carbocycles. The number of ether oxygens (including phenoxy) is 2. The number of rotatable bonds is 5. The lowest BCUT2D eigenvalue weighted by atomic mass is 10.2. The van der Waals surface area contributed by atoms with E-state index in [0.29, 0.717) is 43.3 Å². The van der Waals surface area contributed by atoms with Gasteiger partial charge in [0.25, 0.3) is 0 Å². The first-order valence-corrected chi connectivity index (χ1v) is 9.84. The maximum absolute atomic E-state index is 12.8. The number of esters is 1. The van der Waals surface area contributed by atoms with Crippen molar-refractivity contribution >= 4 is 21.8 Å². The van der Waals surface area contributed by atoms with Crippen molar-refractivity contribution < 1.29 is 22.7 Å². The highest BCUT2D eigenvalue weighted by Crippen LogP contribution is 2.24. The number of aromatic nitrogens is 1. The Morgan fingerprint density at radius 3 is 2.30 bits per heavy atom. The van der Waals surface area contributed by atoms with Crippen LogP contribution in [0.25, 0.3) is 0 Å². The fourth-order valence-electron chi connectivity index (χ4n) is 2.96. The van der Waals surface area contributed by atoms with E-state index in [1.54, 1.807) is 30.5 Å². The van der Waals surface area contributed by atoms with Crippen LogP contribution >= 0.6 is 0 Å². The van der Waals surface area contributed by atoms with E-state index in [4.69, 9.17) is 9.47 Å². The summed E-state index contributed by atoms with van der Waals surface area (Å²) in [6.45, 7) is 1.45. The lowest BCUT2D eigenvalue weighted by molar-refractivity contribution is 0.0601. The molecule has 27 heavy (non-hydrogen) atoms. The van der Waals surface area contributed by atoms with Crippen molar-refractivity contribution in [3.05, 3.63) is 48.2 Å².